The van der Waals surface area contributed by atoms with Gasteiger partial charge in [-0.3, -0.25) is 4.99 Å². The highest BCUT2D eigenvalue weighted by molar-refractivity contribution is 14.0. The maximum atomic E-state index is 5.58. The summed E-state index contributed by atoms with van der Waals surface area (Å²) in [6.45, 7) is 2.66. The second kappa shape index (κ2) is 11.5. The van der Waals surface area contributed by atoms with Crippen LogP contribution in [0.4, 0.5) is 0 Å². The average Bonchev–Trinajstić information content (AvgIpc) is 3.14. The number of thiazole rings is 1. The lowest BCUT2D eigenvalue weighted by Crippen LogP contribution is -2.41. The molecule has 1 aliphatic heterocycles. The summed E-state index contributed by atoms with van der Waals surface area (Å²) in [6.07, 6.45) is 5.60. The molecular weight excluding hydrogens is 419 g/mol. The van der Waals surface area contributed by atoms with Crippen molar-refractivity contribution in [3.63, 3.8) is 0 Å². The number of halogens is 1. The maximum Gasteiger partial charge on any atom is 0.191 e. The Bertz CT molecular complexity index is 397. The van der Waals surface area contributed by atoms with E-state index in [1.807, 2.05) is 23.3 Å². The molecular formula is C13H23IN4OS2. The van der Waals surface area contributed by atoms with Gasteiger partial charge in [0.1, 0.15) is 4.34 Å². The largest absolute Gasteiger partial charge is 0.376 e. The zero-order valence-corrected chi connectivity index (χ0v) is 16.2. The van der Waals surface area contributed by atoms with E-state index >= 15 is 0 Å². The van der Waals surface area contributed by atoms with Crippen molar-refractivity contribution in [2.24, 2.45) is 4.99 Å². The number of aromatic nitrogens is 1. The van der Waals surface area contributed by atoms with E-state index in [1.165, 1.54) is 6.42 Å². The van der Waals surface area contributed by atoms with Gasteiger partial charge in [0.05, 0.1) is 6.10 Å². The average molecular weight is 442 g/mol. The van der Waals surface area contributed by atoms with Crippen LogP contribution in [0.2, 0.25) is 0 Å². The van der Waals surface area contributed by atoms with Gasteiger partial charge >= 0.3 is 0 Å². The van der Waals surface area contributed by atoms with E-state index in [-0.39, 0.29) is 24.0 Å². The molecule has 0 amide bonds. The molecule has 1 aromatic rings. The molecule has 1 aliphatic rings. The first kappa shape index (κ1) is 19.0. The number of nitrogens with one attached hydrogen (secondary N) is 2. The molecule has 1 aromatic heterocycles. The van der Waals surface area contributed by atoms with Gasteiger partial charge in [-0.15, -0.1) is 35.3 Å². The highest BCUT2D eigenvalue weighted by Gasteiger charge is 2.15. The number of guanidine groups is 1. The Balaban J connectivity index is 0.00000220. The summed E-state index contributed by atoms with van der Waals surface area (Å²) in [5.41, 5.74) is 0. The van der Waals surface area contributed by atoms with Crippen molar-refractivity contribution in [1.82, 2.24) is 15.6 Å². The van der Waals surface area contributed by atoms with Crippen LogP contribution in [0.3, 0.4) is 0 Å². The normalized spacial score (nSPS) is 18.3. The minimum atomic E-state index is 0. The van der Waals surface area contributed by atoms with Crippen molar-refractivity contribution in [3.05, 3.63) is 11.6 Å². The number of hydrogen-bond donors (Lipinski definition) is 2. The van der Waals surface area contributed by atoms with Gasteiger partial charge in [-0.05, 0) is 19.3 Å². The highest BCUT2D eigenvalue weighted by atomic mass is 127. The lowest BCUT2D eigenvalue weighted by Gasteiger charge is -2.14. The highest BCUT2D eigenvalue weighted by Crippen LogP contribution is 2.20. The molecule has 0 aliphatic carbocycles. The van der Waals surface area contributed by atoms with Gasteiger partial charge in [-0.25, -0.2) is 4.98 Å². The van der Waals surface area contributed by atoms with E-state index in [1.54, 1.807) is 18.4 Å². The van der Waals surface area contributed by atoms with E-state index in [2.05, 4.69) is 20.6 Å². The number of nitrogens with zero attached hydrogens (tertiary/aromatic N) is 2. The third-order valence-electron chi connectivity index (χ3n) is 2.99. The fourth-order valence-electron chi connectivity index (χ4n) is 1.96. The predicted molar refractivity (Wildman–Crippen MR) is 101 cm³/mol. The van der Waals surface area contributed by atoms with Crippen molar-refractivity contribution in [2.45, 2.75) is 29.7 Å². The van der Waals surface area contributed by atoms with Gasteiger partial charge < -0.3 is 15.4 Å². The number of rotatable bonds is 7. The molecule has 1 saturated heterocycles. The molecule has 1 unspecified atom stereocenters. The monoisotopic (exact) mass is 442 g/mol. The number of aliphatic imine (C=N–C) groups is 1. The van der Waals surface area contributed by atoms with Crippen LogP contribution >= 0.6 is 47.1 Å². The SMILES string of the molecule is CN=C(NCCCSc1nccs1)NCC1CCCO1.I. The molecule has 5 nitrogen and oxygen atoms in total. The van der Waals surface area contributed by atoms with Crippen molar-refractivity contribution in [2.75, 3.05) is 32.5 Å². The van der Waals surface area contributed by atoms with Crippen molar-refractivity contribution in [3.8, 4) is 0 Å². The fourth-order valence-corrected chi connectivity index (χ4v) is 3.60. The van der Waals surface area contributed by atoms with E-state index in [0.29, 0.717) is 6.10 Å². The molecule has 0 spiro atoms. The third kappa shape index (κ3) is 7.66. The van der Waals surface area contributed by atoms with Crippen molar-refractivity contribution < 1.29 is 4.74 Å². The molecule has 1 atom stereocenters. The maximum absolute atomic E-state index is 5.58. The van der Waals surface area contributed by atoms with Gasteiger partial charge in [0.25, 0.3) is 0 Å². The Morgan fingerprint density at radius 2 is 2.48 bits per heavy atom. The molecule has 8 heteroatoms. The first-order valence-corrected chi connectivity index (χ1v) is 8.83. The smallest absolute Gasteiger partial charge is 0.191 e. The molecule has 0 bridgehead atoms. The zero-order valence-electron chi connectivity index (χ0n) is 12.2. The topological polar surface area (TPSA) is 58.5 Å². The summed E-state index contributed by atoms with van der Waals surface area (Å²) in [7, 11) is 1.80. The van der Waals surface area contributed by atoms with Crippen LogP contribution in [-0.4, -0.2) is 49.5 Å². The summed E-state index contributed by atoms with van der Waals surface area (Å²) in [6, 6.07) is 0. The van der Waals surface area contributed by atoms with Gasteiger partial charge in [-0.2, -0.15) is 0 Å². The first-order chi connectivity index (χ1) is 9.88. The molecule has 1 fully saturated rings. The predicted octanol–water partition coefficient (Wildman–Crippen LogP) is 2.59. The second-order valence-corrected chi connectivity index (χ2v) is 6.75. The van der Waals surface area contributed by atoms with Gasteiger partial charge in [-0.1, -0.05) is 11.8 Å². The Labute approximate surface area is 151 Å². The van der Waals surface area contributed by atoms with Gasteiger partial charge in [0, 0.05) is 44.1 Å². The Hall–Kier alpha value is -0.0600. The molecule has 0 radical (unpaired) electrons. The van der Waals surface area contributed by atoms with Crippen LogP contribution in [0.15, 0.2) is 20.9 Å². The van der Waals surface area contributed by atoms with Crippen LogP contribution in [0.1, 0.15) is 19.3 Å². The molecule has 2 rings (SSSR count). The summed E-state index contributed by atoms with van der Waals surface area (Å²) < 4.78 is 6.72. The Kier molecular flexibility index (Phi) is 10.4. The number of ether oxygens (including phenoxy) is 1. The van der Waals surface area contributed by atoms with Crippen molar-refractivity contribution >= 4 is 53.0 Å². The first-order valence-electron chi connectivity index (χ1n) is 6.97. The third-order valence-corrected chi connectivity index (χ3v) is 5.05. The standard InChI is InChI=1S/C13H22N4OS2.HI/c1-14-12(17-10-11-4-2-7-18-11)15-5-3-8-19-13-16-6-9-20-13;/h6,9,11H,2-5,7-8,10H2,1H3,(H2,14,15,17);1H. The lowest BCUT2D eigenvalue weighted by molar-refractivity contribution is 0.114. The molecule has 2 N–H and O–H groups in total. The summed E-state index contributed by atoms with van der Waals surface area (Å²) in [4.78, 5) is 8.47. The summed E-state index contributed by atoms with van der Waals surface area (Å²) >= 11 is 3.50. The van der Waals surface area contributed by atoms with Crippen LogP contribution in [0.25, 0.3) is 0 Å². The van der Waals surface area contributed by atoms with Gasteiger partial charge in [0.2, 0.25) is 0 Å². The van der Waals surface area contributed by atoms with Crippen LogP contribution in [0.5, 0.6) is 0 Å². The summed E-state index contributed by atoms with van der Waals surface area (Å²) in [5.74, 6) is 1.93. The lowest BCUT2D eigenvalue weighted by atomic mass is 10.2. The fraction of sp³-hybridized carbons (Fsp3) is 0.692. The zero-order chi connectivity index (χ0) is 14.0. The Morgan fingerprint density at radius 1 is 1.57 bits per heavy atom. The minimum Gasteiger partial charge on any atom is -0.376 e. The van der Waals surface area contributed by atoms with E-state index in [0.717, 1.165) is 48.6 Å². The molecule has 0 saturated carbocycles. The van der Waals surface area contributed by atoms with Gasteiger partial charge in [0.15, 0.2) is 5.96 Å². The second-order valence-electron chi connectivity index (χ2n) is 4.51. The molecule has 21 heavy (non-hydrogen) atoms. The van der Waals surface area contributed by atoms with Crippen LogP contribution in [0, 0.1) is 0 Å². The number of thioether (sulfide) groups is 1. The summed E-state index contributed by atoms with van der Waals surface area (Å²) in [5, 5.41) is 8.65. The van der Waals surface area contributed by atoms with Crippen LogP contribution < -0.4 is 10.6 Å². The molecule has 2 heterocycles. The Morgan fingerprint density at radius 3 is 3.14 bits per heavy atom. The van der Waals surface area contributed by atoms with E-state index < -0.39 is 0 Å². The van der Waals surface area contributed by atoms with Crippen LogP contribution in [-0.2, 0) is 4.74 Å². The number of hydrogen-bond acceptors (Lipinski definition) is 5. The molecule has 120 valence electrons. The van der Waals surface area contributed by atoms with Crippen molar-refractivity contribution in [1.29, 1.82) is 0 Å². The van der Waals surface area contributed by atoms with E-state index in [4.69, 9.17) is 4.74 Å². The minimum absolute atomic E-state index is 0. The van der Waals surface area contributed by atoms with E-state index in [9.17, 15) is 0 Å². The molecule has 0 aromatic carbocycles. The quantitative estimate of drug-likeness (QED) is 0.224.